The first-order valence-corrected chi connectivity index (χ1v) is 9.31. The molecule has 0 spiro atoms. The molecule has 0 radical (unpaired) electrons. The van der Waals surface area contributed by atoms with Crippen LogP contribution >= 0.6 is 11.6 Å². The summed E-state index contributed by atoms with van der Waals surface area (Å²) in [5.41, 5.74) is 6.97. The van der Waals surface area contributed by atoms with Crippen LogP contribution in [0.4, 0.5) is 5.69 Å². The molecule has 7 nitrogen and oxygen atoms in total. The molecule has 0 saturated carbocycles. The van der Waals surface area contributed by atoms with E-state index in [-0.39, 0.29) is 29.5 Å². The molecule has 3 N–H and O–H groups in total. The van der Waals surface area contributed by atoms with Crippen LogP contribution in [0.15, 0.2) is 42.5 Å². The predicted molar refractivity (Wildman–Crippen MR) is 107 cm³/mol. The number of carboxylic acid groups (broad SMARTS) is 1. The van der Waals surface area contributed by atoms with Gasteiger partial charge in [0.15, 0.2) is 6.61 Å². The fraction of sp³-hybridized carbons (Fsp3) is 0.300. The third kappa shape index (κ3) is 4.94. The molecule has 1 amide bonds. The zero-order chi connectivity index (χ0) is 20.1. The number of ether oxygens (including phenoxy) is 1. The molecule has 0 atom stereocenters. The highest BCUT2D eigenvalue weighted by molar-refractivity contribution is 6.30. The van der Waals surface area contributed by atoms with Crippen LogP contribution in [0.2, 0.25) is 5.02 Å². The van der Waals surface area contributed by atoms with E-state index in [4.69, 9.17) is 27.2 Å². The highest BCUT2D eigenvalue weighted by atomic mass is 35.5. The maximum atomic E-state index is 12.4. The first-order chi connectivity index (χ1) is 13.4. The average molecular weight is 404 g/mol. The molecule has 1 aliphatic rings. The number of carboxylic acids is 1. The summed E-state index contributed by atoms with van der Waals surface area (Å²) >= 11 is 5.91. The van der Waals surface area contributed by atoms with E-state index in [0.717, 1.165) is 19.6 Å². The van der Waals surface area contributed by atoms with E-state index in [1.807, 2.05) is 24.3 Å². The van der Waals surface area contributed by atoms with Gasteiger partial charge in [0.25, 0.3) is 5.91 Å². The standard InChI is InChI=1S/C20H22ClN3O4/c21-15-6-4-14(5-7-15)12-23-8-10-24(11-9-23)18(25)13-28-17-3-1-2-16(19(17)22)20(26)27/h1-7H,8-13,22H2,(H,26,27). The molecule has 2 aromatic rings. The van der Waals surface area contributed by atoms with Crippen LogP contribution in [-0.4, -0.2) is 59.6 Å². The number of anilines is 1. The first-order valence-electron chi connectivity index (χ1n) is 8.93. The number of nitrogens with zero attached hydrogens (tertiary/aromatic N) is 2. The van der Waals surface area contributed by atoms with Crippen molar-refractivity contribution in [3.63, 3.8) is 0 Å². The van der Waals surface area contributed by atoms with E-state index in [2.05, 4.69) is 4.90 Å². The lowest BCUT2D eigenvalue weighted by molar-refractivity contribution is -0.135. The van der Waals surface area contributed by atoms with Crippen LogP contribution in [0.3, 0.4) is 0 Å². The molecule has 148 valence electrons. The van der Waals surface area contributed by atoms with Gasteiger partial charge in [-0.3, -0.25) is 9.69 Å². The molecule has 1 fully saturated rings. The lowest BCUT2D eigenvalue weighted by Crippen LogP contribution is -2.49. The number of nitrogens with two attached hydrogens (primary N) is 1. The topological polar surface area (TPSA) is 96.1 Å². The minimum absolute atomic E-state index is 0.0237. The number of benzene rings is 2. The average Bonchev–Trinajstić information content (AvgIpc) is 2.69. The van der Waals surface area contributed by atoms with Crippen molar-refractivity contribution in [1.29, 1.82) is 0 Å². The Morgan fingerprint density at radius 1 is 1.07 bits per heavy atom. The molecule has 3 rings (SSSR count). The molecule has 1 heterocycles. The van der Waals surface area contributed by atoms with Crippen molar-refractivity contribution in [3.8, 4) is 5.75 Å². The quantitative estimate of drug-likeness (QED) is 0.719. The molecule has 1 saturated heterocycles. The minimum Gasteiger partial charge on any atom is -0.482 e. The number of hydrogen-bond acceptors (Lipinski definition) is 5. The van der Waals surface area contributed by atoms with E-state index in [9.17, 15) is 9.59 Å². The van der Waals surface area contributed by atoms with Gasteiger partial charge in [0.05, 0.1) is 11.3 Å². The molecule has 0 unspecified atom stereocenters. The second kappa shape index (κ2) is 8.95. The van der Waals surface area contributed by atoms with E-state index in [1.54, 1.807) is 11.0 Å². The highest BCUT2D eigenvalue weighted by Crippen LogP contribution is 2.25. The number of halogens is 1. The van der Waals surface area contributed by atoms with Crippen molar-refractivity contribution in [2.75, 3.05) is 38.5 Å². The Bertz CT molecular complexity index is 849. The number of carbonyl (C=O) groups is 2. The summed E-state index contributed by atoms with van der Waals surface area (Å²) in [5.74, 6) is -1.08. The van der Waals surface area contributed by atoms with Crippen LogP contribution in [-0.2, 0) is 11.3 Å². The molecular weight excluding hydrogens is 382 g/mol. The fourth-order valence-electron chi connectivity index (χ4n) is 3.09. The lowest BCUT2D eigenvalue weighted by Gasteiger charge is -2.34. The van der Waals surface area contributed by atoms with E-state index < -0.39 is 5.97 Å². The SMILES string of the molecule is Nc1c(OCC(=O)N2CCN(Cc3ccc(Cl)cc3)CC2)cccc1C(=O)O. The van der Waals surface area contributed by atoms with Gasteiger partial charge in [-0.1, -0.05) is 29.8 Å². The van der Waals surface area contributed by atoms with Gasteiger partial charge in [0, 0.05) is 37.7 Å². The number of nitrogen functional groups attached to an aromatic ring is 1. The summed E-state index contributed by atoms with van der Waals surface area (Å²) in [5, 5.41) is 9.81. The molecule has 0 aliphatic carbocycles. The number of aromatic carboxylic acids is 1. The summed E-state index contributed by atoms with van der Waals surface area (Å²) in [6.45, 7) is 3.40. The summed E-state index contributed by atoms with van der Waals surface area (Å²) in [4.78, 5) is 27.6. The Kier molecular flexibility index (Phi) is 6.38. The van der Waals surface area contributed by atoms with Gasteiger partial charge < -0.3 is 20.5 Å². The normalized spacial score (nSPS) is 14.7. The van der Waals surface area contributed by atoms with Gasteiger partial charge in [-0.2, -0.15) is 0 Å². The van der Waals surface area contributed by atoms with Crippen LogP contribution < -0.4 is 10.5 Å². The Morgan fingerprint density at radius 3 is 2.39 bits per heavy atom. The molecule has 0 bridgehead atoms. The van der Waals surface area contributed by atoms with Gasteiger partial charge in [0.1, 0.15) is 5.75 Å². The van der Waals surface area contributed by atoms with E-state index >= 15 is 0 Å². The summed E-state index contributed by atoms with van der Waals surface area (Å²) in [6.07, 6.45) is 0. The minimum atomic E-state index is -1.13. The Morgan fingerprint density at radius 2 is 1.75 bits per heavy atom. The second-order valence-corrected chi connectivity index (χ2v) is 7.03. The van der Waals surface area contributed by atoms with Gasteiger partial charge in [-0.25, -0.2) is 4.79 Å². The van der Waals surface area contributed by atoms with E-state index in [1.165, 1.54) is 17.7 Å². The van der Waals surface area contributed by atoms with Gasteiger partial charge in [0.2, 0.25) is 0 Å². The Balaban J connectivity index is 1.48. The maximum absolute atomic E-state index is 12.4. The van der Waals surface area contributed by atoms with Crippen molar-refractivity contribution in [3.05, 3.63) is 58.6 Å². The number of piperazine rings is 1. The van der Waals surface area contributed by atoms with Crippen LogP contribution in [0, 0.1) is 0 Å². The van der Waals surface area contributed by atoms with Gasteiger partial charge in [-0.15, -0.1) is 0 Å². The molecule has 28 heavy (non-hydrogen) atoms. The molecule has 1 aliphatic heterocycles. The van der Waals surface area contributed by atoms with Crippen molar-refractivity contribution >= 4 is 29.2 Å². The van der Waals surface area contributed by atoms with Crippen molar-refractivity contribution in [2.24, 2.45) is 0 Å². The van der Waals surface area contributed by atoms with Crippen molar-refractivity contribution < 1.29 is 19.4 Å². The predicted octanol–water partition coefficient (Wildman–Crippen LogP) is 2.34. The molecular formula is C20H22ClN3O4. The first kappa shape index (κ1) is 20.0. The highest BCUT2D eigenvalue weighted by Gasteiger charge is 2.22. The third-order valence-corrected chi connectivity index (χ3v) is 4.94. The van der Waals surface area contributed by atoms with Gasteiger partial charge >= 0.3 is 5.97 Å². The zero-order valence-corrected chi connectivity index (χ0v) is 16.1. The smallest absolute Gasteiger partial charge is 0.337 e. The number of hydrogen-bond donors (Lipinski definition) is 2. The van der Waals surface area contributed by atoms with Crippen LogP contribution in [0.25, 0.3) is 0 Å². The van der Waals surface area contributed by atoms with E-state index in [0.29, 0.717) is 18.1 Å². The summed E-state index contributed by atoms with van der Waals surface area (Å²) in [7, 11) is 0. The van der Waals surface area contributed by atoms with Crippen molar-refractivity contribution in [2.45, 2.75) is 6.54 Å². The summed E-state index contributed by atoms with van der Waals surface area (Å²) < 4.78 is 5.47. The fourth-order valence-corrected chi connectivity index (χ4v) is 3.22. The van der Waals surface area contributed by atoms with Gasteiger partial charge in [-0.05, 0) is 29.8 Å². The largest absolute Gasteiger partial charge is 0.482 e. The maximum Gasteiger partial charge on any atom is 0.337 e. The second-order valence-electron chi connectivity index (χ2n) is 6.59. The third-order valence-electron chi connectivity index (χ3n) is 4.69. The molecule has 0 aromatic heterocycles. The number of para-hydroxylation sites is 1. The number of carbonyl (C=O) groups excluding carboxylic acids is 1. The van der Waals surface area contributed by atoms with Crippen LogP contribution in [0.1, 0.15) is 15.9 Å². The Labute approximate surface area is 168 Å². The summed E-state index contributed by atoms with van der Waals surface area (Å²) in [6, 6.07) is 12.2. The number of amides is 1. The lowest BCUT2D eigenvalue weighted by atomic mass is 10.1. The van der Waals surface area contributed by atoms with Crippen molar-refractivity contribution in [1.82, 2.24) is 9.80 Å². The zero-order valence-electron chi connectivity index (χ0n) is 15.3. The van der Waals surface area contributed by atoms with Crippen LogP contribution in [0.5, 0.6) is 5.75 Å². The molecule has 2 aromatic carbocycles. The molecule has 8 heteroatoms. The number of rotatable bonds is 6. The Hall–Kier alpha value is -2.77. The monoisotopic (exact) mass is 403 g/mol.